The van der Waals surface area contributed by atoms with Gasteiger partial charge in [0.25, 0.3) is 0 Å². The van der Waals surface area contributed by atoms with Crippen molar-refractivity contribution in [2.24, 2.45) is 11.5 Å². The second kappa shape index (κ2) is 4.10. The smallest absolute Gasteiger partial charge is 0.237 e. The molecule has 4 heteroatoms. The number of primary amides is 1. The first-order chi connectivity index (χ1) is 7.10. The van der Waals surface area contributed by atoms with Gasteiger partial charge in [-0.2, -0.15) is 0 Å². The van der Waals surface area contributed by atoms with Gasteiger partial charge in [0, 0.05) is 6.42 Å². The molecule has 0 radical (unpaired) electrons. The molecule has 0 saturated heterocycles. The van der Waals surface area contributed by atoms with E-state index in [0.717, 1.165) is 25.7 Å². The third kappa shape index (κ3) is 2.32. The molecule has 2 atom stereocenters. The van der Waals surface area contributed by atoms with Gasteiger partial charge in [0.1, 0.15) is 0 Å². The van der Waals surface area contributed by atoms with Crippen LogP contribution in [0.15, 0.2) is 0 Å². The van der Waals surface area contributed by atoms with Crippen molar-refractivity contribution in [1.82, 2.24) is 0 Å². The summed E-state index contributed by atoms with van der Waals surface area (Å²) in [5, 5.41) is 0. The molecule has 15 heavy (non-hydrogen) atoms. The van der Waals surface area contributed by atoms with E-state index in [1.54, 1.807) is 0 Å². The minimum Gasteiger partial charge on any atom is -0.375 e. The molecule has 2 rings (SSSR count). The number of rotatable bonds is 3. The second-order valence-corrected chi connectivity index (χ2v) is 4.93. The lowest BCUT2D eigenvalue weighted by molar-refractivity contribution is -0.129. The lowest BCUT2D eigenvalue weighted by Gasteiger charge is -2.38. The molecule has 2 saturated carbocycles. The predicted molar refractivity (Wildman–Crippen MR) is 57.1 cm³/mol. The van der Waals surface area contributed by atoms with Crippen LogP contribution >= 0.6 is 0 Å². The summed E-state index contributed by atoms with van der Waals surface area (Å²) >= 11 is 0. The molecule has 0 spiro atoms. The summed E-state index contributed by atoms with van der Waals surface area (Å²) in [6, 6.07) is 0. The molecule has 0 bridgehead atoms. The zero-order valence-electron chi connectivity index (χ0n) is 9.08. The van der Waals surface area contributed by atoms with Crippen molar-refractivity contribution < 1.29 is 9.53 Å². The van der Waals surface area contributed by atoms with E-state index in [-0.39, 0.29) is 12.0 Å². The fourth-order valence-corrected chi connectivity index (χ4v) is 2.37. The highest BCUT2D eigenvalue weighted by atomic mass is 16.5. The molecule has 4 nitrogen and oxygen atoms in total. The van der Waals surface area contributed by atoms with Gasteiger partial charge in [-0.05, 0) is 38.5 Å². The van der Waals surface area contributed by atoms with Gasteiger partial charge in [-0.3, -0.25) is 4.79 Å². The summed E-state index contributed by atoms with van der Waals surface area (Å²) in [6.07, 6.45) is 7.38. The molecule has 2 fully saturated rings. The Bertz CT molecular complexity index is 253. The van der Waals surface area contributed by atoms with Crippen LogP contribution in [0.1, 0.15) is 44.9 Å². The Hall–Kier alpha value is -0.610. The zero-order chi connectivity index (χ0) is 10.9. The van der Waals surface area contributed by atoms with Gasteiger partial charge in [0.2, 0.25) is 5.91 Å². The molecule has 0 aromatic rings. The second-order valence-electron chi connectivity index (χ2n) is 4.93. The van der Waals surface area contributed by atoms with Crippen LogP contribution in [0, 0.1) is 0 Å². The van der Waals surface area contributed by atoms with Crippen LogP contribution in [0.5, 0.6) is 0 Å². The van der Waals surface area contributed by atoms with E-state index in [0.29, 0.717) is 18.9 Å². The van der Waals surface area contributed by atoms with Crippen molar-refractivity contribution in [1.29, 1.82) is 0 Å². The molecule has 86 valence electrons. The van der Waals surface area contributed by atoms with E-state index in [1.807, 2.05) is 0 Å². The summed E-state index contributed by atoms with van der Waals surface area (Å²) in [7, 11) is 0. The minimum atomic E-state index is -0.827. The van der Waals surface area contributed by atoms with Crippen LogP contribution in [0.25, 0.3) is 0 Å². The SMILES string of the molecule is NC(=O)C1(N)CCCC(OC2CCC2)C1. The Morgan fingerprint density at radius 1 is 1.20 bits per heavy atom. The quantitative estimate of drug-likeness (QED) is 0.722. The first-order valence-electron chi connectivity index (χ1n) is 5.84. The molecule has 2 aliphatic rings. The maximum atomic E-state index is 11.2. The van der Waals surface area contributed by atoms with Gasteiger partial charge in [-0.15, -0.1) is 0 Å². The largest absolute Gasteiger partial charge is 0.375 e. The summed E-state index contributed by atoms with van der Waals surface area (Å²) in [5.41, 5.74) is 10.5. The van der Waals surface area contributed by atoms with Crippen LogP contribution in [-0.2, 0) is 9.53 Å². The van der Waals surface area contributed by atoms with Crippen molar-refractivity contribution in [3.05, 3.63) is 0 Å². The van der Waals surface area contributed by atoms with Crippen LogP contribution in [-0.4, -0.2) is 23.7 Å². The standard InChI is InChI=1S/C11H20N2O2/c12-10(14)11(13)6-2-5-9(7-11)15-8-3-1-4-8/h8-9H,1-7,13H2,(H2,12,14). The predicted octanol–water partition coefficient (Wildman–Crippen LogP) is 0.681. The molecule has 2 unspecified atom stereocenters. The molecule has 2 aliphatic carbocycles. The summed E-state index contributed by atoms with van der Waals surface area (Å²) < 4.78 is 5.89. The monoisotopic (exact) mass is 212 g/mol. The summed E-state index contributed by atoms with van der Waals surface area (Å²) in [4.78, 5) is 11.2. The van der Waals surface area contributed by atoms with Crippen LogP contribution < -0.4 is 11.5 Å². The molecule has 0 aromatic carbocycles. The van der Waals surface area contributed by atoms with Gasteiger partial charge < -0.3 is 16.2 Å². The lowest BCUT2D eigenvalue weighted by Crippen LogP contribution is -2.56. The third-order valence-electron chi connectivity index (χ3n) is 3.67. The molecule has 4 N–H and O–H groups in total. The van der Waals surface area contributed by atoms with Gasteiger partial charge >= 0.3 is 0 Å². The maximum Gasteiger partial charge on any atom is 0.237 e. The maximum absolute atomic E-state index is 11.2. The highest BCUT2D eigenvalue weighted by Crippen LogP contribution is 2.32. The zero-order valence-corrected chi connectivity index (χ0v) is 9.08. The number of hydrogen-bond donors (Lipinski definition) is 2. The topological polar surface area (TPSA) is 78.3 Å². The first-order valence-corrected chi connectivity index (χ1v) is 5.84. The Kier molecular flexibility index (Phi) is 2.98. The fourth-order valence-electron chi connectivity index (χ4n) is 2.37. The molecule has 0 heterocycles. The molecular formula is C11H20N2O2. The van der Waals surface area contributed by atoms with Gasteiger partial charge in [-0.25, -0.2) is 0 Å². The van der Waals surface area contributed by atoms with Crippen molar-refractivity contribution in [3.63, 3.8) is 0 Å². The van der Waals surface area contributed by atoms with Crippen molar-refractivity contribution in [3.8, 4) is 0 Å². The first kappa shape index (κ1) is 10.9. The number of hydrogen-bond acceptors (Lipinski definition) is 3. The average Bonchev–Trinajstić information content (AvgIpc) is 2.12. The Labute approximate surface area is 90.3 Å². The van der Waals surface area contributed by atoms with Gasteiger partial charge in [0.05, 0.1) is 17.7 Å². The van der Waals surface area contributed by atoms with Crippen molar-refractivity contribution in [2.75, 3.05) is 0 Å². The van der Waals surface area contributed by atoms with Crippen molar-refractivity contribution in [2.45, 2.75) is 62.7 Å². The van der Waals surface area contributed by atoms with E-state index in [2.05, 4.69) is 0 Å². The highest BCUT2D eigenvalue weighted by molar-refractivity contribution is 5.84. The van der Waals surface area contributed by atoms with Crippen LogP contribution in [0.3, 0.4) is 0 Å². The van der Waals surface area contributed by atoms with E-state index in [1.165, 1.54) is 6.42 Å². The Morgan fingerprint density at radius 2 is 1.87 bits per heavy atom. The Morgan fingerprint density at radius 3 is 2.40 bits per heavy atom. The van der Waals surface area contributed by atoms with E-state index in [4.69, 9.17) is 16.2 Å². The van der Waals surface area contributed by atoms with Gasteiger partial charge in [-0.1, -0.05) is 0 Å². The van der Waals surface area contributed by atoms with Gasteiger partial charge in [0.15, 0.2) is 0 Å². The third-order valence-corrected chi connectivity index (χ3v) is 3.67. The van der Waals surface area contributed by atoms with E-state index < -0.39 is 5.54 Å². The van der Waals surface area contributed by atoms with Crippen LogP contribution in [0.2, 0.25) is 0 Å². The number of ether oxygens (including phenoxy) is 1. The normalized spacial score (nSPS) is 37.3. The average molecular weight is 212 g/mol. The molecule has 0 aliphatic heterocycles. The van der Waals surface area contributed by atoms with E-state index in [9.17, 15) is 4.79 Å². The molecule has 1 amide bonds. The summed E-state index contributed by atoms with van der Waals surface area (Å²) in [6.45, 7) is 0. The fraction of sp³-hybridized carbons (Fsp3) is 0.909. The Balaban J connectivity index is 1.88. The number of carbonyl (C=O) groups is 1. The number of amides is 1. The summed E-state index contributed by atoms with van der Waals surface area (Å²) in [5.74, 6) is -0.385. The van der Waals surface area contributed by atoms with Crippen molar-refractivity contribution >= 4 is 5.91 Å². The minimum absolute atomic E-state index is 0.140. The highest BCUT2D eigenvalue weighted by Gasteiger charge is 2.39. The van der Waals surface area contributed by atoms with Crippen LogP contribution in [0.4, 0.5) is 0 Å². The number of nitrogens with two attached hydrogens (primary N) is 2. The molecule has 0 aromatic heterocycles. The number of carbonyl (C=O) groups excluding carboxylic acids is 1. The molecular weight excluding hydrogens is 192 g/mol. The lowest BCUT2D eigenvalue weighted by atomic mass is 9.80. The van der Waals surface area contributed by atoms with E-state index >= 15 is 0 Å².